The molecule has 6 rings (SSSR count). The number of rotatable bonds is 13. The molecule has 2 heterocycles. The summed E-state index contributed by atoms with van der Waals surface area (Å²) in [6.07, 6.45) is 10.7. The van der Waals surface area contributed by atoms with E-state index in [0.29, 0.717) is 50.4 Å². The molecule has 1 aromatic rings. The van der Waals surface area contributed by atoms with Crippen molar-refractivity contribution in [1.29, 1.82) is 0 Å². The normalized spacial score (nSPS) is 37.8. The number of hydrogen-bond acceptors (Lipinski definition) is 11. The lowest BCUT2D eigenvalue weighted by Crippen LogP contribution is -2.65. The van der Waals surface area contributed by atoms with Gasteiger partial charge in [0, 0.05) is 37.2 Å². The standard InChI is InChI=1S/C37H52N2O10/c1-34-16-13-23(47-31(42)7-5-3-4-6-8-32(43)48-33(44)27(38)10-11-29(39)40)20-36(34,45)18-15-25-24(34)14-17-35(2)26(19-28-37(25,35)49-28)22-9-12-30(41)46-21-22/h9,12,21,23-28,45H,3-8,10-11,13-20,38H2,1-2H3,(H2,39,40)/t23-,24-,25+,26+,27-,28+,34+,35+,36-,37+/m0/s1. The molecule has 0 aromatic carbocycles. The average Bonchev–Trinajstić information content (AvgIpc) is 3.71. The zero-order valence-corrected chi connectivity index (χ0v) is 28.8. The summed E-state index contributed by atoms with van der Waals surface area (Å²) < 4.78 is 22.5. The third kappa shape index (κ3) is 6.49. The Morgan fingerprint density at radius 2 is 1.63 bits per heavy atom. The van der Waals surface area contributed by atoms with E-state index in [4.69, 9.17) is 30.1 Å². The Kier molecular flexibility index (Phi) is 9.89. The summed E-state index contributed by atoms with van der Waals surface area (Å²) >= 11 is 0. The molecule has 12 nitrogen and oxygen atoms in total. The van der Waals surface area contributed by atoms with Crippen LogP contribution in [0.25, 0.3) is 0 Å². The molecule has 10 atom stereocenters. The van der Waals surface area contributed by atoms with Gasteiger partial charge in [-0.1, -0.05) is 26.7 Å². The molecule has 5 N–H and O–H groups in total. The fourth-order valence-corrected chi connectivity index (χ4v) is 10.6. The molecule has 0 bridgehead atoms. The van der Waals surface area contributed by atoms with Gasteiger partial charge in [-0.15, -0.1) is 0 Å². The molecule has 1 saturated heterocycles. The highest BCUT2D eigenvalue weighted by atomic mass is 16.6. The highest BCUT2D eigenvalue weighted by Gasteiger charge is 2.81. The van der Waals surface area contributed by atoms with E-state index >= 15 is 0 Å². The molecule has 5 fully saturated rings. The third-order valence-corrected chi connectivity index (χ3v) is 13.3. The van der Waals surface area contributed by atoms with Crippen LogP contribution >= 0.6 is 0 Å². The van der Waals surface area contributed by atoms with Crippen LogP contribution in [0, 0.1) is 22.7 Å². The minimum Gasteiger partial charge on any atom is -0.462 e. The van der Waals surface area contributed by atoms with Crippen LogP contribution in [0.1, 0.15) is 128 Å². The van der Waals surface area contributed by atoms with Crippen LogP contribution in [-0.2, 0) is 33.4 Å². The molecule has 0 unspecified atom stereocenters. The fraction of sp³-hybridized carbons (Fsp3) is 0.757. The molecule has 4 aliphatic carbocycles. The maximum Gasteiger partial charge on any atom is 0.335 e. The van der Waals surface area contributed by atoms with Crippen LogP contribution in [0.2, 0.25) is 0 Å². The zero-order valence-electron chi connectivity index (χ0n) is 28.8. The van der Waals surface area contributed by atoms with E-state index in [9.17, 15) is 29.1 Å². The van der Waals surface area contributed by atoms with E-state index in [0.717, 1.165) is 44.1 Å². The number of carbonyl (C=O) groups excluding carboxylic acids is 4. The first kappa shape index (κ1) is 35.7. The summed E-state index contributed by atoms with van der Waals surface area (Å²) in [5.74, 6) is -1.43. The van der Waals surface area contributed by atoms with E-state index in [-0.39, 0.29) is 71.8 Å². The highest BCUT2D eigenvalue weighted by Crippen LogP contribution is 2.78. The van der Waals surface area contributed by atoms with Crippen molar-refractivity contribution in [2.45, 2.75) is 152 Å². The van der Waals surface area contributed by atoms with Crippen molar-refractivity contribution in [3.05, 3.63) is 34.4 Å². The number of unbranched alkanes of at least 4 members (excludes halogenated alkanes) is 3. The number of carbonyl (C=O) groups is 4. The molecule has 270 valence electrons. The molecule has 1 aromatic heterocycles. The van der Waals surface area contributed by atoms with Crippen molar-refractivity contribution in [1.82, 2.24) is 0 Å². The predicted octanol–water partition coefficient (Wildman–Crippen LogP) is 3.93. The molecule has 1 spiro atoms. The monoisotopic (exact) mass is 684 g/mol. The molecule has 1 aliphatic heterocycles. The van der Waals surface area contributed by atoms with Gasteiger partial charge in [-0.05, 0) is 99.0 Å². The summed E-state index contributed by atoms with van der Waals surface area (Å²) in [7, 11) is 0. The van der Waals surface area contributed by atoms with Crippen molar-refractivity contribution in [2.24, 2.45) is 34.1 Å². The highest BCUT2D eigenvalue weighted by molar-refractivity contribution is 5.88. The van der Waals surface area contributed by atoms with Crippen molar-refractivity contribution < 1.29 is 42.9 Å². The van der Waals surface area contributed by atoms with Crippen LogP contribution < -0.4 is 17.1 Å². The Morgan fingerprint density at radius 1 is 0.939 bits per heavy atom. The van der Waals surface area contributed by atoms with Gasteiger partial charge in [-0.3, -0.25) is 14.4 Å². The zero-order chi connectivity index (χ0) is 35.2. The summed E-state index contributed by atoms with van der Waals surface area (Å²) in [6, 6.07) is 2.35. The van der Waals surface area contributed by atoms with Gasteiger partial charge < -0.3 is 35.2 Å². The van der Waals surface area contributed by atoms with Crippen molar-refractivity contribution in [2.75, 3.05) is 0 Å². The van der Waals surface area contributed by atoms with Gasteiger partial charge in [0.15, 0.2) is 0 Å². The third-order valence-electron chi connectivity index (χ3n) is 13.3. The van der Waals surface area contributed by atoms with Gasteiger partial charge in [0.25, 0.3) is 0 Å². The van der Waals surface area contributed by atoms with Gasteiger partial charge in [0.05, 0.1) is 18.0 Å². The SMILES string of the molecule is C[C@]12CC[C@H](OC(=O)CCCCCCC(=O)OC(=O)[C@@H](N)CCC(N)=O)C[C@@]1(O)CC[C@@H]1[C@@H]2CC[C@]2(C)[C@@H](c3ccc(=O)oc3)C[C@H]3O[C@]132. The Morgan fingerprint density at radius 3 is 2.33 bits per heavy atom. The number of nitrogens with two attached hydrogens (primary N) is 2. The maximum absolute atomic E-state index is 12.8. The molecule has 5 aliphatic rings. The largest absolute Gasteiger partial charge is 0.462 e. The number of amides is 1. The number of esters is 3. The van der Waals surface area contributed by atoms with Crippen LogP contribution in [-0.4, -0.2) is 58.4 Å². The molecular formula is C37H52N2O10. The molecule has 12 heteroatoms. The summed E-state index contributed by atoms with van der Waals surface area (Å²) in [5, 5.41) is 12.2. The second-order valence-electron chi connectivity index (χ2n) is 15.9. The molecule has 49 heavy (non-hydrogen) atoms. The smallest absolute Gasteiger partial charge is 0.335 e. The summed E-state index contributed by atoms with van der Waals surface area (Å²) in [6.45, 7) is 4.61. The minimum absolute atomic E-state index is 0.0222. The summed E-state index contributed by atoms with van der Waals surface area (Å²) in [4.78, 5) is 59.0. The lowest BCUT2D eigenvalue weighted by atomic mass is 9.42. The first-order valence-electron chi connectivity index (χ1n) is 18.2. The Balaban J connectivity index is 0.941. The lowest BCUT2D eigenvalue weighted by molar-refractivity contribution is -0.227. The topological polar surface area (TPSA) is 202 Å². The lowest BCUT2D eigenvalue weighted by Gasteiger charge is -2.64. The van der Waals surface area contributed by atoms with Gasteiger partial charge in [-0.2, -0.15) is 0 Å². The van der Waals surface area contributed by atoms with Gasteiger partial charge >= 0.3 is 23.5 Å². The van der Waals surface area contributed by atoms with Crippen LogP contribution in [0.15, 0.2) is 27.6 Å². The van der Waals surface area contributed by atoms with E-state index in [1.807, 2.05) is 6.07 Å². The Labute approximate surface area is 287 Å². The number of hydrogen-bond donors (Lipinski definition) is 3. The van der Waals surface area contributed by atoms with Crippen molar-refractivity contribution in [3.63, 3.8) is 0 Å². The van der Waals surface area contributed by atoms with Gasteiger partial charge in [-0.25, -0.2) is 9.59 Å². The Hall–Kier alpha value is -3.09. The quantitative estimate of drug-likeness (QED) is 0.118. The van der Waals surface area contributed by atoms with E-state index < -0.39 is 29.5 Å². The second-order valence-corrected chi connectivity index (χ2v) is 15.9. The van der Waals surface area contributed by atoms with Gasteiger partial charge in [0.1, 0.15) is 17.7 Å². The number of primary amides is 1. The van der Waals surface area contributed by atoms with Gasteiger partial charge in [0.2, 0.25) is 5.91 Å². The first-order chi connectivity index (χ1) is 23.2. The maximum atomic E-state index is 12.8. The van der Waals surface area contributed by atoms with Crippen molar-refractivity contribution >= 4 is 23.8 Å². The molecule has 4 saturated carbocycles. The van der Waals surface area contributed by atoms with Crippen LogP contribution in [0.5, 0.6) is 0 Å². The number of epoxide rings is 1. The summed E-state index contributed by atoms with van der Waals surface area (Å²) in [5.41, 5.74) is 9.95. The fourth-order valence-electron chi connectivity index (χ4n) is 10.6. The number of aliphatic hydroxyl groups is 1. The number of ether oxygens (including phenoxy) is 3. The first-order valence-corrected chi connectivity index (χ1v) is 18.2. The van der Waals surface area contributed by atoms with E-state index in [1.54, 1.807) is 6.26 Å². The van der Waals surface area contributed by atoms with E-state index in [1.165, 1.54) is 6.07 Å². The van der Waals surface area contributed by atoms with Crippen LogP contribution in [0.3, 0.4) is 0 Å². The average molecular weight is 685 g/mol. The van der Waals surface area contributed by atoms with Crippen molar-refractivity contribution in [3.8, 4) is 0 Å². The van der Waals surface area contributed by atoms with E-state index in [2.05, 4.69) is 13.8 Å². The number of fused-ring (bicyclic) bond motifs is 3. The minimum atomic E-state index is -1.08. The molecule has 0 radical (unpaired) electrons. The molecule has 1 amide bonds. The predicted molar refractivity (Wildman–Crippen MR) is 175 cm³/mol. The second kappa shape index (κ2) is 13.6. The molecular weight excluding hydrogens is 632 g/mol. The van der Waals surface area contributed by atoms with Crippen LogP contribution in [0.4, 0.5) is 0 Å². The Bertz CT molecular complexity index is 1490.